The molecular formula is C49H68N2O6. The van der Waals surface area contributed by atoms with E-state index in [1.165, 1.54) is 16.7 Å². The van der Waals surface area contributed by atoms with E-state index in [9.17, 15) is 25.2 Å². The van der Waals surface area contributed by atoms with Crippen LogP contribution in [0.4, 0.5) is 0 Å². The molecule has 6 rings (SSSR count). The van der Waals surface area contributed by atoms with Gasteiger partial charge in [0, 0.05) is 61.0 Å². The lowest BCUT2D eigenvalue weighted by atomic mass is 9.37. The largest absolute Gasteiger partial charge is 0.396 e. The molecule has 8 heteroatoms. The van der Waals surface area contributed by atoms with E-state index in [0.717, 1.165) is 49.7 Å². The number of nitrogens with one attached hydrogen (secondary N) is 2. The Labute approximate surface area is 341 Å². The Morgan fingerprint density at radius 3 is 2.63 bits per heavy atom. The van der Waals surface area contributed by atoms with E-state index in [1.807, 2.05) is 44.4 Å². The SMILES string of the molecule is C=C(C=CC=C(CO)[C@H]1CC[C@@]23[C@H]4C(=C(C)C=O)[C@H](C=C[C@]4(CCO)C=C[C@@]12O)C[C@]3(O)CCNC)[C@@H]1CC=C(C)CN[C@@](C)(CCOC)Cc2cccc(c2)C1. The molecule has 6 N–H and O–H groups in total. The van der Waals surface area contributed by atoms with Crippen molar-refractivity contribution in [3.63, 3.8) is 0 Å². The number of hydrogen-bond acceptors (Lipinski definition) is 8. The fourth-order valence-electron chi connectivity index (χ4n) is 11.7. The quantitative estimate of drug-likeness (QED) is 0.0564. The van der Waals surface area contributed by atoms with Crippen LogP contribution in [0.1, 0.15) is 76.8 Å². The predicted molar refractivity (Wildman–Crippen MR) is 228 cm³/mol. The highest BCUT2D eigenvalue weighted by atomic mass is 16.5. The number of methoxy groups -OCH3 is 1. The summed E-state index contributed by atoms with van der Waals surface area (Å²) in [6.45, 7) is 12.6. The fraction of sp³-hybridized carbons (Fsp3) is 0.571. The zero-order valence-electron chi connectivity index (χ0n) is 35.0. The third kappa shape index (κ3) is 7.96. The average Bonchev–Trinajstić information content (AvgIpc) is 3.52. The maximum Gasteiger partial charge on any atom is 0.145 e. The van der Waals surface area contributed by atoms with Crippen molar-refractivity contribution in [3.05, 3.63) is 118 Å². The maximum absolute atomic E-state index is 13.3. The maximum atomic E-state index is 13.3. The van der Waals surface area contributed by atoms with Gasteiger partial charge in [-0.15, -0.1) is 0 Å². The minimum Gasteiger partial charge on any atom is -0.396 e. The van der Waals surface area contributed by atoms with Gasteiger partial charge < -0.3 is 35.8 Å². The van der Waals surface area contributed by atoms with Crippen LogP contribution in [0.25, 0.3) is 0 Å². The lowest BCUT2D eigenvalue weighted by Gasteiger charge is -2.68. The van der Waals surface area contributed by atoms with Gasteiger partial charge in [0.1, 0.15) is 6.29 Å². The Kier molecular flexibility index (Phi) is 13.4. The predicted octanol–water partition coefficient (Wildman–Crippen LogP) is 6.28. The highest BCUT2D eigenvalue weighted by Crippen LogP contribution is 2.75. The molecule has 0 saturated heterocycles. The van der Waals surface area contributed by atoms with E-state index in [0.29, 0.717) is 56.4 Å². The number of aliphatic hydroxyl groups is 4. The Morgan fingerprint density at radius 2 is 1.91 bits per heavy atom. The van der Waals surface area contributed by atoms with Gasteiger partial charge in [0.25, 0.3) is 0 Å². The smallest absolute Gasteiger partial charge is 0.145 e. The molecular weight excluding hydrogens is 713 g/mol. The van der Waals surface area contributed by atoms with Gasteiger partial charge in [-0.1, -0.05) is 96.2 Å². The van der Waals surface area contributed by atoms with Crippen LogP contribution >= 0.6 is 0 Å². The van der Waals surface area contributed by atoms with Crippen LogP contribution in [0.5, 0.6) is 0 Å². The van der Waals surface area contributed by atoms with Gasteiger partial charge in [0.05, 0.1) is 17.8 Å². The summed E-state index contributed by atoms with van der Waals surface area (Å²) in [4.78, 5) is 12.5. The molecule has 4 aliphatic carbocycles. The first-order valence-corrected chi connectivity index (χ1v) is 21.2. The third-order valence-corrected chi connectivity index (χ3v) is 14.7. The molecule has 2 fully saturated rings. The van der Waals surface area contributed by atoms with Crippen molar-refractivity contribution in [1.82, 2.24) is 10.6 Å². The normalized spacial score (nSPS) is 37.3. The van der Waals surface area contributed by atoms with Crippen molar-refractivity contribution in [2.75, 3.05) is 47.1 Å². The van der Waals surface area contributed by atoms with Gasteiger partial charge in [-0.05, 0) is 120 Å². The molecule has 1 spiro atoms. The zero-order chi connectivity index (χ0) is 41.1. The first-order chi connectivity index (χ1) is 27.3. The molecule has 1 aromatic carbocycles. The topological polar surface area (TPSA) is 131 Å². The van der Waals surface area contributed by atoms with E-state index in [1.54, 1.807) is 7.11 Å². The number of carbonyl (C=O) groups is 1. The second-order valence-corrected chi connectivity index (χ2v) is 18.2. The number of benzene rings is 1. The minimum atomic E-state index is -1.52. The summed E-state index contributed by atoms with van der Waals surface area (Å²) in [5.74, 6) is -0.847. The van der Waals surface area contributed by atoms with E-state index in [4.69, 9.17) is 4.74 Å². The fourth-order valence-corrected chi connectivity index (χ4v) is 11.7. The second-order valence-electron chi connectivity index (χ2n) is 18.2. The van der Waals surface area contributed by atoms with E-state index in [-0.39, 0.29) is 30.6 Å². The van der Waals surface area contributed by atoms with Crippen LogP contribution in [0.15, 0.2) is 107 Å². The van der Waals surface area contributed by atoms with Crippen LogP contribution in [0.3, 0.4) is 0 Å². The zero-order valence-corrected chi connectivity index (χ0v) is 35.0. The average molecular weight is 781 g/mol. The molecule has 8 nitrogen and oxygen atoms in total. The van der Waals surface area contributed by atoms with Crippen LogP contribution in [0, 0.1) is 34.5 Å². The van der Waals surface area contributed by atoms with Crippen molar-refractivity contribution < 1.29 is 30.0 Å². The monoisotopic (exact) mass is 781 g/mol. The van der Waals surface area contributed by atoms with E-state index < -0.39 is 33.9 Å². The summed E-state index contributed by atoms with van der Waals surface area (Å²) in [5, 5.41) is 54.8. The molecule has 57 heavy (non-hydrogen) atoms. The number of fused-ring (bicyclic) bond motifs is 3. The van der Waals surface area contributed by atoms with Gasteiger partial charge in [-0.2, -0.15) is 0 Å². The molecule has 0 amide bonds. The Hall–Kier alpha value is -3.21. The van der Waals surface area contributed by atoms with Gasteiger partial charge >= 0.3 is 0 Å². The van der Waals surface area contributed by atoms with Crippen LogP contribution in [-0.4, -0.2) is 90.5 Å². The van der Waals surface area contributed by atoms with Crippen molar-refractivity contribution >= 4 is 6.29 Å². The van der Waals surface area contributed by atoms with Gasteiger partial charge in [-0.3, -0.25) is 4.79 Å². The number of aldehydes is 1. The molecule has 9 atom stereocenters. The first-order valence-electron chi connectivity index (χ1n) is 21.2. The lowest BCUT2D eigenvalue weighted by Crippen LogP contribution is -2.72. The Morgan fingerprint density at radius 1 is 1.12 bits per heavy atom. The molecule has 0 radical (unpaired) electrons. The summed E-state index contributed by atoms with van der Waals surface area (Å²) in [5.41, 5.74) is 2.55. The first kappa shape index (κ1) is 43.4. The summed E-state index contributed by atoms with van der Waals surface area (Å²) in [7, 11) is 3.63. The lowest BCUT2D eigenvalue weighted by molar-refractivity contribution is -0.233. The van der Waals surface area contributed by atoms with Gasteiger partial charge in [0.2, 0.25) is 0 Å². The second kappa shape index (κ2) is 17.6. The molecule has 5 aliphatic rings. The van der Waals surface area contributed by atoms with Crippen molar-refractivity contribution in [1.29, 1.82) is 0 Å². The van der Waals surface area contributed by atoms with Crippen molar-refractivity contribution in [2.24, 2.45) is 34.5 Å². The summed E-state index contributed by atoms with van der Waals surface area (Å²) >= 11 is 0. The van der Waals surface area contributed by atoms with Crippen LogP contribution < -0.4 is 10.6 Å². The highest BCUT2D eigenvalue weighted by molar-refractivity contribution is 5.75. The molecule has 1 aliphatic heterocycles. The molecule has 0 aromatic heterocycles. The Balaban J connectivity index is 1.33. The molecule has 1 heterocycles. The Bertz CT molecular complexity index is 1840. The number of carbonyl (C=O) groups excluding carboxylic acids is 1. The van der Waals surface area contributed by atoms with E-state index in [2.05, 4.69) is 73.6 Å². The number of hydrogen-bond donors (Lipinski definition) is 6. The van der Waals surface area contributed by atoms with Crippen LogP contribution in [0.2, 0.25) is 0 Å². The summed E-state index contributed by atoms with van der Waals surface area (Å²) in [6, 6.07) is 8.89. The number of ether oxygens (including phenoxy) is 1. The van der Waals surface area contributed by atoms with Crippen molar-refractivity contribution in [2.45, 2.75) is 95.3 Å². The standard InChI is InChI=1S/C49H68N2O6/c1-34-13-14-39(28-37-10-8-11-38(27-37)29-45(4,51-31-34)23-26-57-6)35(2)9-7-12-41(33-54)42-16-18-48-44-43(36(3)32-53)40(30-47(48,55)21-24-50-5)15-17-46(44,22-25-52)19-20-49(42,48)56/h7-13,15,17,19-20,27,32,39-40,42,44,50-52,54-56H,2,14,16,18,21-26,28-31,33H2,1,3-6H3/t39-,40-,42-,44+,45+,46-,47-,48+,49-/m1/s1. The summed E-state index contributed by atoms with van der Waals surface area (Å²) in [6.07, 6.45) is 23.2. The molecule has 2 saturated carbocycles. The van der Waals surface area contributed by atoms with Gasteiger partial charge in [-0.25, -0.2) is 0 Å². The molecule has 4 bridgehead atoms. The highest BCUT2D eigenvalue weighted by Gasteiger charge is 2.77. The molecule has 1 aromatic rings. The van der Waals surface area contributed by atoms with Crippen LogP contribution in [-0.2, 0) is 22.4 Å². The third-order valence-electron chi connectivity index (χ3n) is 14.7. The molecule has 0 unspecified atom stereocenters. The number of allylic oxidation sites excluding steroid dienone is 10. The number of aliphatic hydroxyl groups excluding tert-OH is 2. The minimum absolute atomic E-state index is 0.0698. The van der Waals surface area contributed by atoms with Gasteiger partial charge in [0.15, 0.2) is 0 Å². The number of rotatable bonds is 14. The summed E-state index contributed by atoms with van der Waals surface area (Å²) < 4.78 is 5.46. The molecule has 310 valence electrons. The van der Waals surface area contributed by atoms with Crippen molar-refractivity contribution in [3.8, 4) is 0 Å². The van der Waals surface area contributed by atoms with E-state index >= 15 is 0 Å².